The molecule has 0 aliphatic carbocycles. The molecule has 1 aliphatic heterocycles. The summed E-state index contributed by atoms with van der Waals surface area (Å²) in [6.07, 6.45) is 0. The van der Waals surface area contributed by atoms with E-state index in [4.69, 9.17) is 11.6 Å². The smallest absolute Gasteiger partial charge is 0.279 e. The molecule has 20 heavy (non-hydrogen) atoms. The molecule has 1 fully saturated rings. The lowest BCUT2D eigenvalue weighted by Crippen LogP contribution is -3.21. The van der Waals surface area contributed by atoms with Gasteiger partial charge < -0.3 is 15.5 Å². The minimum absolute atomic E-state index is 0.0924. The summed E-state index contributed by atoms with van der Waals surface area (Å²) in [4.78, 5) is 23.2. The monoisotopic (exact) mass is 300 g/mol. The van der Waals surface area contributed by atoms with Gasteiger partial charge in [-0.3, -0.25) is 14.9 Å². The fourth-order valence-corrected chi connectivity index (χ4v) is 2.42. The molecular weight excluding hydrogens is 284 g/mol. The Morgan fingerprint density at radius 1 is 1.45 bits per heavy atom. The molecule has 0 bridgehead atoms. The molecule has 7 nitrogen and oxygen atoms in total. The Morgan fingerprint density at radius 2 is 2.15 bits per heavy atom. The largest absolute Gasteiger partial charge is 0.337 e. The van der Waals surface area contributed by atoms with Crippen molar-refractivity contribution in [3.05, 3.63) is 33.3 Å². The van der Waals surface area contributed by atoms with E-state index in [0.717, 1.165) is 26.2 Å². The van der Waals surface area contributed by atoms with E-state index >= 15 is 0 Å². The molecule has 4 N–H and O–H groups in total. The van der Waals surface area contributed by atoms with E-state index in [1.165, 1.54) is 23.1 Å². The first-order valence-electron chi connectivity index (χ1n) is 6.45. The molecule has 8 heteroatoms. The minimum atomic E-state index is -0.522. The number of quaternary nitrogens is 2. The van der Waals surface area contributed by atoms with Crippen LogP contribution in [0.1, 0.15) is 0 Å². The normalized spacial score (nSPS) is 15.8. The van der Waals surface area contributed by atoms with Crippen molar-refractivity contribution >= 4 is 28.9 Å². The Balaban J connectivity index is 1.95. The molecule has 1 amide bonds. The highest BCUT2D eigenvalue weighted by Crippen LogP contribution is 2.26. The number of hydrogen-bond donors (Lipinski definition) is 3. The van der Waals surface area contributed by atoms with Crippen LogP contribution in [0.2, 0.25) is 5.02 Å². The molecule has 1 heterocycles. The average molecular weight is 301 g/mol. The predicted molar refractivity (Wildman–Crippen MR) is 74.0 cm³/mol. The summed E-state index contributed by atoms with van der Waals surface area (Å²) >= 11 is 5.93. The number of anilines is 1. The second-order valence-corrected chi connectivity index (χ2v) is 5.17. The Hall–Kier alpha value is -1.70. The van der Waals surface area contributed by atoms with Crippen molar-refractivity contribution < 1.29 is 19.9 Å². The van der Waals surface area contributed by atoms with Gasteiger partial charge in [-0.25, -0.2) is 0 Å². The molecule has 0 unspecified atom stereocenters. The maximum Gasteiger partial charge on any atom is 0.279 e. The van der Waals surface area contributed by atoms with Crippen molar-refractivity contribution in [3.63, 3.8) is 0 Å². The van der Waals surface area contributed by atoms with Gasteiger partial charge in [0.05, 0.1) is 15.6 Å². The number of amides is 1. The maximum atomic E-state index is 11.9. The molecule has 1 aliphatic rings. The Morgan fingerprint density at radius 3 is 2.75 bits per heavy atom. The van der Waals surface area contributed by atoms with Gasteiger partial charge in [0.25, 0.3) is 11.6 Å². The van der Waals surface area contributed by atoms with E-state index in [-0.39, 0.29) is 16.6 Å². The number of nitrogens with two attached hydrogens (primary N) is 1. The number of rotatable bonds is 4. The van der Waals surface area contributed by atoms with Crippen LogP contribution in [0.4, 0.5) is 11.4 Å². The van der Waals surface area contributed by atoms with Gasteiger partial charge >= 0.3 is 0 Å². The first-order valence-corrected chi connectivity index (χ1v) is 6.83. The van der Waals surface area contributed by atoms with Gasteiger partial charge in [0.15, 0.2) is 6.54 Å². The summed E-state index contributed by atoms with van der Waals surface area (Å²) in [5.74, 6) is -0.127. The highest BCUT2D eigenvalue weighted by molar-refractivity contribution is 6.33. The fourth-order valence-electron chi connectivity index (χ4n) is 2.20. The zero-order chi connectivity index (χ0) is 14.5. The Labute approximate surface area is 121 Å². The number of carbonyl (C=O) groups excluding carboxylic acids is 1. The van der Waals surface area contributed by atoms with Crippen LogP contribution in [0, 0.1) is 10.1 Å². The summed E-state index contributed by atoms with van der Waals surface area (Å²) in [6.45, 7) is 4.37. The van der Waals surface area contributed by atoms with E-state index in [0.29, 0.717) is 12.2 Å². The molecular formula is C12H17ClN4O3+2. The molecule has 0 saturated carbocycles. The van der Waals surface area contributed by atoms with Gasteiger partial charge in [0.2, 0.25) is 0 Å². The Kier molecular flexibility index (Phi) is 4.89. The van der Waals surface area contributed by atoms with E-state index in [2.05, 4.69) is 10.6 Å². The summed E-state index contributed by atoms with van der Waals surface area (Å²) in [5, 5.41) is 15.7. The number of nitrogens with zero attached hydrogens (tertiary/aromatic N) is 1. The number of piperazine rings is 1. The van der Waals surface area contributed by atoms with Crippen molar-refractivity contribution in [1.29, 1.82) is 0 Å². The van der Waals surface area contributed by atoms with Crippen molar-refractivity contribution in [3.8, 4) is 0 Å². The number of nitro groups is 1. The quantitative estimate of drug-likeness (QED) is 0.474. The fraction of sp³-hybridized carbons (Fsp3) is 0.417. The molecule has 0 aromatic heterocycles. The molecule has 1 aromatic rings. The van der Waals surface area contributed by atoms with Gasteiger partial charge in [-0.05, 0) is 6.07 Å². The molecule has 0 spiro atoms. The second kappa shape index (κ2) is 6.65. The SMILES string of the molecule is O=C(C[NH+]1CC[NH2+]CC1)Nc1ccc([N+](=O)[O-])cc1Cl. The average Bonchev–Trinajstić information content (AvgIpc) is 2.42. The van der Waals surface area contributed by atoms with Crippen LogP contribution in [-0.4, -0.2) is 43.6 Å². The van der Waals surface area contributed by atoms with Crippen LogP contribution in [0.15, 0.2) is 18.2 Å². The van der Waals surface area contributed by atoms with E-state index in [1.54, 1.807) is 0 Å². The molecule has 1 saturated heterocycles. The molecule has 108 valence electrons. The summed E-state index contributed by atoms with van der Waals surface area (Å²) < 4.78 is 0. The van der Waals surface area contributed by atoms with Crippen LogP contribution < -0.4 is 15.5 Å². The van der Waals surface area contributed by atoms with Crippen molar-refractivity contribution in [2.45, 2.75) is 0 Å². The third-order valence-electron chi connectivity index (χ3n) is 3.25. The first kappa shape index (κ1) is 14.7. The van der Waals surface area contributed by atoms with Crippen molar-refractivity contribution in [2.75, 3.05) is 38.0 Å². The second-order valence-electron chi connectivity index (χ2n) is 4.76. The van der Waals surface area contributed by atoms with Crippen LogP contribution in [0.3, 0.4) is 0 Å². The highest BCUT2D eigenvalue weighted by atomic mass is 35.5. The first-order chi connectivity index (χ1) is 9.56. The minimum Gasteiger partial charge on any atom is -0.337 e. The number of non-ortho nitro benzene ring substituents is 1. The Bertz CT molecular complexity index is 517. The number of nitro benzene ring substituents is 1. The van der Waals surface area contributed by atoms with Crippen LogP contribution >= 0.6 is 11.6 Å². The van der Waals surface area contributed by atoms with Gasteiger partial charge in [-0.15, -0.1) is 0 Å². The number of carbonyl (C=O) groups is 1. The number of hydrogen-bond acceptors (Lipinski definition) is 3. The molecule has 0 atom stereocenters. The van der Waals surface area contributed by atoms with Crippen LogP contribution in [0.25, 0.3) is 0 Å². The standard InChI is InChI=1S/C12H15ClN4O3/c13-10-7-9(17(19)20)1-2-11(10)15-12(18)8-16-5-3-14-4-6-16/h1-2,7,14H,3-6,8H2,(H,15,18)/p+2. The lowest BCUT2D eigenvalue weighted by molar-refractivity contribution is -0.940. The molecule has 2 rings (SSSR count). The lowest BCUT2D eigenvalue weighted by Gasteiger charge is -2.21. The van der Waals surface area contributed by atoms with E-state index < -0.39 is 4.92 Å². The molecule has 1 aromatic carbocycles. The maximum absolute atomic E-state index is 11.9. The zero-order valence-corrected chi connectivity index (χ0v) is 11.7. The van der Waals surface area contributed by atoms with Gasteiger partial charge in [0, 0.05) is 12.1 Å². The third kappa shape index (κ3) is 3.89. The summed E-state index contributed by atoms with van der Waals surface area (Å²) in [6, 6.07) is 4.02. The number of halogens is 1. The predicted octanol–water partition coefficient (Wildman–Crippen LogP) is -1.35. The number of benzene rings is 1. The third-order valence-corrected chi connectivity index (χ3v) is 3.56. The topological polar surface area (TPSA) is 93.3 Å². The van der Waals surface area contributed by atoms with Crippen molar-refractivity contribution in [1.82, 2.24) is 0 Å². The zero-order valence-electron chi connectivity index (χ0n) is 10.9. The van der Waals surface area contributed by atoms with E-state index in [1.807, 2.05) is 0 Å². The summed E-state index contributed by atoms with van der Waals surface area (Å²) in [5.41, 5.74) is 0.315. The van der Waals surface area contributed by atoms with Gasteiger partial charge in [-0.2, -0.15) is 0 Å². The molecule has 0 radical (unpaired) electrons. The highest BCUT2D eigenvalue weighted by Gasteiger charge is 2.19. The summed E-state index contributed by atoms with van der Waals surface area (Å²) in [7, 11) is 0. The van der Waals surface area contributed by atoms with E-state index in [9.17, 15) is 14.9 Å². The van der Waals surface area contributed by atoms with Crippen LogP contribution in [-0.2, 0) is 4.79 Å². The van der Waals surface area contributed by atoms with Gasteiger partial charge in [-0.1, -0.05) is 11.6 Å². The van der Waals surface area contributed by atoms with Gasteiger partial charge in [0.1, 0.15) is 26.2 Å². The van der Waals surface area contributed by atoms with Crippen LogP contribution in [0.5, 0.6) is 0 Å². The van der Waals surface area contributed by atoms with Crippen molar-refractivity contribution in [2.24, 2.45) is 0 Å². The number of nitrogens with one attached hydrogen (secondary N) is 2. The lowest BCUT2D eigenvalue weighted by atomic mass is 10.2.